The first-order chi connectivity index (χ1) is 11.2. The lowest BCUT2D eigenvalue weighted by Crippen LogP contribution is -2.46. The quantitative estimate of drug-likeness (QED) is 0.748. The summed E-state index contributed by atoms with van der Waals surface area (Å²) in [6.45, 7) is 5.34. The summed E-state index contributed by atoms with van der Waals surface area (Å²) >= 11 is 0. The largest absolute Gasteiger partial charge is 0.493 e. The van der Waals surface area contributed by atoms with E-state index in [0.29, 0.717) is 31.2 Å². The van der Waals surface area contributed by atoms with Crippen LogP contribution in [0.2, 0.25) is 0 Å². The molecule has 0 aromatic heterocycles. The van der Waals surface area contributed by atoms with Crippen molar-refractivity contribution < 1.29 is 13.9 Å². The molecule has 4 nitrogen and oxygen atoms in total. The Bertz CT molecular complexity index is 490. The summed E-state index contributed by atoms with van der Waals surface area (Å²) in [6.07, 6.45) is 4.19. The smallest absolute Gasteiger partial charge is 0.222 e. The maximum atomic E-state index is 13.1. The van der Waals surface area contributed by atoms with Crippen LogP contribution in [0.25, 0.3) is 0 Å². The number of rotatable bonds is 8. The molecule has 1 aromatic rings. The maximum Gasteiger partial charge on any atom is 0.222 e. The highest BCUT2D eigenvalue weighted by Crippen LogP contribution is 2.15. The Morgan fingerprint density at radius 3 is 2.87 bits per heavy atom. The number of ether oxygens (including phenoxy) is 1. The first-order valence-corrected chi connectivity index (χ1v) is 8.59. The molecule has 2 rings (SSSR count). The number of nitrogens with one attached hydrogen (secondary N) is 1. The average Bonchev–Trinajstić information content (AvgIpc) is 2.57. The lowest BCUT2D eigenvalue weighted by atomic mass is 10.0. The highest BCUT2D eigenvalue weighted by molar-refractivity contribution is 5.76. The molecule has 1 aliphatic rings. The highest BCUT2D eigenvalue weighted by Gasteiger charge is 2.24. The van der Waals surface area contributed by atoms with Crippen molar-refractivity contribution in [2.45, 2.75) is 45.1 Å². The lowest BCUT2D eigenvalue weighted by molar-refractivity contribution is -0.134. The summed E-state index contributed by atoms with van der Waals surface area (Å²) in [5.74, 6) is 0.418. The molecule has 1 aromatic carbocycles. The van der Waals surface area contributed by atoms with Gasteiger partial charge in [0.05, 0.1) is 6.61 Å². The van der Waals surface area contributed by atoms with E-state index >= 15 is 0 Å². The van der Waals surface area contributed by atoms with Crippen LogP contribution in [0.3, 0.4) is 0 Å². The summed E-state index contributed by atoms with van der Waals surface area (Å²) in [5.41, 5.74) is 0. The molecule has 0 spiro atoms. The van der Waals surface area contributed by atoms with Crippen LogP contribution in [0.4, 0.5) is 4.39 Å². The number of nitrogens with zero attached hydrogens (tertiary/aromatic N) is 1. The van der Waals surface area contributed by atoms with E-state index in [1.807, 2.05) is 4.90 Å². The second-order valence-electron chi connectivity index (χ2n) is 5.98. The molecule has 1 amide bonds. The summed E-state index contributed by atoms with van der Waals surface area (Å²) in [4.78, 5) is 14.5. The number of halogens is 1. The van der Waals surface area contributed by atoms with E-state index < -0.39 is 0 Å². The molecule has 0 radical (unpaired) electrons. The zero-order chi connectivity index (χ0) is 16.5. The van der Waals surface area contributed by atoms with Crippen molar-refractivity contribution in [2.24, 2.45) is 0 Å². The fourth-order valence-corrected chi connectivity index (χ4v) is 2.98. The maximum absolute atomic E-state index is 13.1. The second-order valence-corrected chi connectivity index (χ2v) is 5.98. The first kappa shape index (κ1) is 17.7. The molecule has 0 saturated carbocycles. The van der Waals surface area contributed by atoms with Crippen molar-refractivity contribution in [3.05, 3.63) is 30.1 Å². The van der Waals surface area contributed by atoms with E-state index in [0.717, 1.165) is 38.9 Å². The van der Waals surface area contributed by atoms with E-state index in [9.17, 15) is 9.18 Å². The van der Waals surface area contributed by atoms with Gasteiger partial charge < -0.3 is 15.0 Å². The van der Waals surface area contributed by atoms with Crippen LogP contribution in [0.5, 0.6) is 5.75 Å². The van der Waals surface area contributed by atoms with E-state index in [1.165, 1.54) is 12.1 Å². The third-order valence-corrected chi connectivity index (χ3v) is 4.13. The van der Waals surface area contributed by atoms with Gasteiger partial charge in [0.2, 0.25) is 5.91 Å². The standard InChI is InChI=1S/C18H27FN2O2/c1-2-12-21(16-8-10-20-11-9-16)18(22)7-4-13-23-17-6-3-5-15(19)14-17/h3,5-6,14,16,20H,2,4,7-13H2,1H3. The fraction of sp³-hybridized carbons (Fsp3) is 0.611. The fourth-order valence-electron chi connectivity index (χ4n) is 2.98. The number of amides is 1. The third-order valence-electron chi connectivity index (χ3n) is 4.13. The molecule has 1 fully saturated rings. The van der Waals surface area contributed by atoms with Crippen molar-refractivity contribution in [1.29, 1.82) is 0 Å². The minimum atomic E-state index is -0.307. The van der Waals surface area contributed by atoms with Crippen molar-refractivity contribution >= 4 is 5.91 Å². The Labute approximate surface area is 138 Å². The molecule has 0 unspecified atom stereocenters. The van der Waals surface area contributed by atoms with Gasteiger partial charge in [-0.25, -0.2) is 4.39 Å². The lowest BCUT2D eigenvalue weighted by Gasteiger charge is -2.34. The third kappa shape index (κ3) is 5.82. The number of piperidine rings is 1. The van der Waals surface area contributed by atoms with Crippen LogP contribution in [-0.4, -0.2) is 43.1 Å². The summed E-state index contributed by atoms with van der Waals surface area (Å²) in [7, 11) is 0. The van der Waals surface area contributed by atoms with Gasteiger partial charge in [-0.15, -0.1) is 0 Å². The zero-order valence-electron chi connectivity index (χ0n) is 13.9. The number of hydrogen-bond acceptors (Lipinski definition) is 3. The van der Waals surface area contributed by atoms with Gasteiger partial charge in [0.15, 0.2) is 0 Å². The van der Waals surface area contributed by atoms with E-state index in [-0.39, 0.29) is 11.7 Å². The molecule has 0 bridgehead atoms. The van der Waals surface area contributed by atoms with Crippen molar-refractivity contribution in [1.82, 2.24) is 10.2 Å². The van der Waals surface area contributed by atoms with Crippen LogP contribution < -0.4 is 10.1 Å². The predicted octanol–water partition coefficient (Wildman–Crippen LogP) is 2.98. The van der Waals surface area contributed by atoms with Crippen molar-refractivity contribution in [3.8, 4) is 5.75 Å². The topological polar surface area (TPSA) is 41.6 Å². The Kier molecular flexibility index (Phi) is 7.33. The molecule has 0 atom stereocenters. The van der Waals surface area contributed by atoms with E-state index in [2.05, 4.69) is 12.2 Å². The van der Waals surface area contributed by atoms with Gasteiger partial charge in [-0.05, 0) is 50.9 Å². The Hall–Kier alpha value is -1.62. The highest BCUT2D eigenvalue weighted by atomic mass is 19.1. The summed E-state index contributed by atoms with van der Waals surface area (Å²) in [6, 6.07) is 6.46. The molecule has 1 aliphatic heterocycles. The molecule has 1 heterocycles. The molecule has 5 heteroatoms. The van der Waals surface area contributed by atoms with E-state index in [4.69, 9.17) is 4.74 Å². The number of hydrogen-bond donors (Lipinski definition) is 1. The minimum Gasteiger partial charge on any atom is -0.493 e. The van der Waals surface area contributed by atoms with Gasteiger partial charge in [0, 0.05) is 25.1 Å². The Balaban J connectivity index is 1.75. The second kappa shape index (κ2) is 9.50. The van der Waals surface area contributed by atoms with Crippen molar-refractivity contribution in [3.63, 3.8) is 0 Å². The summed E-state index contributed by atoms with van der Waals surface area (Å²) < 4.78 is 18.6. The average molecular weight is 322 g/mol. The number of carbonyl (C=O) groups excluding carboxylic acids is 1. The van der Waals surface area contributed by atoms with Gasteiger partial charge in [-0.2, -0.15) is 0 Å². The zero-order valence-corrected chi connectivity index (χ0v) is 13.9. The van der Waals surface area contributed by atoms with Crippen LogP contribution in [0.1, 0.15) is 39.0 Å². The van der Waals surface area contributed by atoms with Gasteiger partial charge >= 0.3 is 0 Å². The van der Waals surface area contributed by atoms with Gasteiger partial charge in [-0.3, -0.25) is 4.79 Å². The van der Waals surface area contributed by atoms with Gasteiger partial charge in [-0.1, -0.05) is 13.0 Å². The van der Waals surface area contributed by atoms with Crippen LogP contribution >= 0.6 is 0 Å². The Morgan fingerprint density at radius 2 is 2.17 bits per heavy atom. The molecule has 1 saturated heterocycles. The van der Waals surface area contributed by atoms with Crippen LogP contribution in [-0.2, 0) is 4.79 Å². The Morgan fingerprint density at radius 1 is 1.39 bits per heavy atom. The molecule has 1 N–H and O–H groups in total. The molecule has 0 aliphatic carbocycles. The monoisotopic (exact) mass is 322 g/mol. The van der Waals surface area contributed by atoms with Crippen LogP contribution in [0, 0.1) is 5.82 Å². The van der Waals surface area contributed by atoms with E-state index in [1.54, 1.807) is 12.1 Å². The van der Waals surface area contributed by atoms with Crippen molar-refractivity contribution in [2.75, 3.05) is 26.2 Å². The van der Waals surface area contributed by atoms with Crippen LogP contribution in [0.15, 0.2) is 24.3 Å². The molecule has 23 heavy (non-hydrogen) atoms. The minimum absolute atomic E-state index is 0.210. The summed E-state index contributed by atoms with van der Waals surface area (Å²) in [5, 5.41) is 3.34. The number of benzene rings is 1. The normalized spacial score (nSPS) is 15.4. The predicted molar refractivity (Wildman–Crippen MR) is 89.0 cm³/mol. The molecular weight excluding hydrogens is 295 g/mol. The van der Waals surface area contributed by atoms with Gasteiger partial charge in [0.1, 0.15) is 11.6 Å². The molecule has 128 valence electrons. The van der Waals surface area contributed by atoms with Gasteiger partial charge in [0.25, 0.3) is 0 Å². The number of carbonyl (C=O) groups is 1. The molecular formula is C18H27FN2O2. The first-order valence-electron chi connectivity index (χ1n) is 8.59. The SMILES string of the molecule is CCCN(C(=O)CCCOc1cccc(F)c1)C1CCNCC1.